The van der Waals surface area contributed by atoms with E-state index in [0.717, 1.165) is 14.2 Å². The number of esters is 3. The van der Waals surface area contributed by atoms with Crippen LogP contribution in [0.3, 0.4) is 0 Å². The second-order valence-corrected chi connectivity index (χ2v) is 18.0. The summed E-state index contributed by atoms with van der Waals surface area (Å²) < 4.78 is 232. The lowest BCUT2D eigenvalue weighted by atomic mass is 9.66. The quantitative estimate of drug-likeness (QED) is 0.0360. The van der Waals surface area contributed by atoms with Gasteiger partial charge in [-0.1, -0.05) is 0 Å². The molecule has 9 rings (SSSR count). The summed E-state index contributed by atoms with van der Waals surface area (Å²) in [5.74, 6) is -37.4. The Kier molecular flexibility index (Phi) is 14.9. The number of rotatable bonds is 15. The number of cyclic esters (lactones) is 1. The Bertz CT molecular complexity index is 2970. The molecule has 5 aliphatic rings. The van der Waals surface area contributed by atoms with Gasteiger partial charge < -0.3 is 66.1 Å². The number of phosphoric ester groups is 1. The number of methoxy groups -OCH3 is 2. The standard InChI is InChI=1S/C45H35F10O20P/c1-13-64-9-22-39(70-13)42(72-23(56)10-65-40-33(52)29(48)27(46)30(49)34(40)53)43(73-24(57)11-66-41-35(54)31(50)28(47)32(51)36(41)55)45(71-22)74-37-16-7-19-18(68-12-69-19)6-15(16)25(26-17(37)8-67-44(26)58)14-4-20(62-2)38(21(5-14)63-3)75-76(59,60)61/h4-7,13,17,22,25-26,37,39,42-43,45H,8-12H2,1-3H3,(H2,59,60,61)/t13?,17-,22+,25+,26-,37+,39+,42-,43+,45-/m0/s1. The molecule has 20 nitrogen and oxygen atoms in total. The number of carbonyl (C=O) groups is 3. The van der Waals surface area contributed by atoms with E-state index in [1.807, 2.05) is 0 Å². The fourth-order valence-corrected chi connectivity index (χ4v) is 9.63. The van der Waals surface area contributed by atoms with Crippen molar-refractivity contribution < 1.29 is 139 Å². The van der Waals surface area contributed by atoms with Crippen molar-refractivity contribution in [1.29, 1.82) is 0 Å². The molecular formula is C45H35F10O20P. The number of ether oxygens (including phenoxy) is 13. The van der Waals surface area contributed by atoms with Gasteiger partial charge in [-0.2, -0.15) is 17.6 Å². The molecule has 0 saturated carbocycles. The molecule has 4 aromatic rings. The highest BCUT2D eigenvalue weighted by Crippen LogP contribution is 2.58. The highest BCUT2D eigenvalue weighted by molar-refractivity contribution is 7.46. The lowest BCUT2D eigenvalue weighted by Gasteiger charge is -2.49. The summed E-state index contributed by atoms with van der Waals surface area (Å²) in [7, 11) is -2.95. The predicted octanol–water partition coefficient (Wildman–Crippen LogP) is 5.76. The number of halogens is 10. The van der Waals surface area contributed by atoms with Gasteiger partial charge >= 0.3 is 25.7 Å². The summed E-state index contributed by atoms with van der Waals surface area (Å²) in [6, 6.07) is 5.48. The van der Waals surface area contributed by atoms with Crippen LogP contribution in [0.1, 0.15) is 35.6 Å². The van der Waals surface area contributed by atoms with Gasteiger partial charge in [0.15, 0.2) is 72.5 Å². The van der Waals surface area contributed by atoms with Crippen LogP contribution in [-0.2, 0) is 52.1 Å². The minimum Gasteiger partial charge on any atom is -0.493 e. The van der Waals surface area contributed by atoms with E-state index < -0.39 is 188 Å². The Morgan fingerprint density at radius 3 is 1.67 bits per heavy atom. The van der Waals surface area contributed by atoms with E-state index in [-0.39, 0.29) is 46.5 Å². The molecule has 1 unspecified atom stereocenters. The Hall–Kier alpha value is -6.82. The maximum Gasteiger partial charge on any atom is 0.525 e. The first-order valence-corrected chi connectivity index (χ1v) is 23.4. The van der Waals surface area contributed by atoms with Crippen molar-refractivity contribution in [3.05, 3.63) is 99.1 Å². The molecule has 0 radical (unpaired) electrons. The number of hydrogen-bond donors (Lipinski definition) is 2. The van der Waals surface area contributed by atoms with E-state index in [4.69, 9.17) is 61.4 Å². The topological polar surface area (TPSA) is 238 Å². The average molecular weight is 1120 g/mol. The summed E-state index contributed by atoms with van der Waals surface area (Å²) in [6.07, 6.45) is -12.2. The van der Waals surface area contributed by atoms with Gasteiger partial charge in [-0.25, -0.2) is 40.5 Å². The molecule has 31 heteroatoms. The van der Waals surface area contributed by atoms with Gasteiger partial charge in [-0.05, 0) is 47.9 Å². The van der Waals surface area contributed by atoms with Crippen molar-refractivity contribution in [1.82, 2.24) is 0 Å². The second kappa shape index (κ2) is 21.0. The van der Waals surface area contributed by atoms with Gasteiger partial charge in [0.2, 0.25) is 70.7 Å². The van der Waals surface area contributed by atoms with E-state index >= 15 is 0 Å². The van der Waals surface area contributed by atoms with Crippen molar-refractivity contribution in [2.24, 2.45) is 11.8 Å². The molecule has 4 aliphatic heterocycles. The van der Waals surface area contributed by atoms with Crippen molar-refractivity contribution in [3.63, 3.8) is 0 Å². The van der Waals surface area contributed by atoms with Crippen LogP contribution >= 0.6 is 7.82 Å². The first-order chi connectivity index (χ1) is 36.0. The number of carbonyl (C=O) groups excluding carboxylic acids is 3. The zero-order valence-electron chi connectivity index (χ0n) is 38.6. The van der Waals surface area contributed by atoms with Crippen LogP contribution in [0.5, 0.6) is 40.2 Å². The molecular weight excluding hydrogens is 1080 g/mol. The van der Waals surface area contributed by atoms with Crippen LogP contribution in [0.15, 0.2) is 24.3 Å². The molecule has 1 aliphatic carbocycles. The maximum atomic E-state index is 14.7. The molecule has 0 bridgehead atoms. The molecule has 76 heavy (non-hydrogen) atoms. The summed E-state index contributed by atoms with van der Waals surface area (Å²) in [4.78, 5) is 60.7. The summed E-state index contributed by atoms with van der Waals surface area (Å²) in [5, 5.41) is 0. The van der Waals surface area contributed by atoms with Gasteiger partial charge in [0.25, 0.3) is 0 Å². The minimum atomic E-state index is -5.24. The van der Waals surface area contributed by atoms with Crippen LogP contribution < -0.4 is 32.9 Å². The van der Waals surface area contributed by atoms with E-state index in [1.54, 1.807) is 0 Å². The molecule has 0 aromatic heterocycles. The first kappa shape index (κ1) is 54.0. The third kappa shape index (κ3) is 9.92. The number of benzene rings is 4. The van der Waals surface area contributed by atoms with Crippen LogP contribution in [0, 0.1) is 70.0 Å². The third-order valence-electron chi connectivity index (χ3n) is 12.4. The van der Waals surface area contributed by atoms with Gasteiger partial charge in [-0.3, -0.25) is 14.6 Å². The monoisotopic (exact) mass is 1120 g/mol. The largest absolute Gasteiger partial charge is 0.525 e. The number of phosphoric acid groups is 1. The Balaban J connectivity index is 1.12. The zero-order chi connectivity index (χ0) is 54.8. The maximum absolute atomic E-state index is 14.7. The molecule has 0 amide bonds. The molecule has 3 fully saturated rings. The number of fused-ring (bicyclic) bond motifs is 4. The van der Waals surface area contributed by atoms with Gasteiger partial charge in [0, 0.05) is 11.8 Å². The Morgan fingerprint density at radius 2 is 1.16 bits per heavy atom. The molecule has 10 atom stereocenters. The third-order valence-corrected chi connectivity index (χ3v) is 12.9. The SMILES string of the molecule is COc1cc([C@@H]2c3cc4c(cc3[C@@H](O[C@@H]3O[C@@H]5COC(C)O[C@H]5[C@H](OC(=O)COc5c(F)c(F)c(F)c(F)c5F)[C@H]3OC(=O)COc3c(F)c(F)c(F)c(F)c3F)[C@H]3COC(=O)[C@H]23)OCO4)cc(OC)c1OP(=O)(O)O. The van der Waals surface area contributed by atoms with Crippen molar-refractivity contribution in [3.8, 4) is 40.2 Å². The van der Waals surface area contributed by atoms with E-state index in [0.29, 0.717) is 0 Å². The van der Waals surface area contributed by atoms with Crippen LogP contribution in [0.4, 0.5) is 43.9 Å². The first-order valence-electron chi connectivity index (χ1n) is 21.9. The lowest BCUT2D eigenvalue weighted by molar-refractivity contribution is -0.366. The van der Waals surface area contributed by atoms with Crippen LogP contribution in [0.25, 0.3) is 0 Å². The van der Waals surface area contributed by atoms with Crippen LogP contribution in [-0.4, -0.2) is 112 Å². The Morgan fingerprint density at radius 1 is 0.658 bits per heavy atom. The predicted molar refractivity (Wildman–Crippen MR) is 221 cm³/mol. The molecule has 4 aromatic carbocycles. The molecule has 0 spiro atoms. The normalized spacial score (nSPS) is 25.4. The molecule has 410 valence electrons. The minimum absolute atomic E-state index is 0.108. The zero-order valence-corrected chi connectivity index (χ0v) is 39.5. The highest BCUT2D eigenvalue weighted by atomic mass is 31.2. The molecule has 4 heterocycles. The van der Waals surface area contributed by atoms with Gasteiger partial charge in [-0.15, -0.1) is 0 Å². The summed E-state index contributed by atoms with van der Waals surface area (Å²) >= 11 is 0. The molecule has 3 saturated heterocycles. The average Bonchev–Trinajstić information content (AvgIpc) is 4.05. The van der Waals surface area contributed by atoms with Crippen molar-refractivity contribution in [2.75, 3.05) is 47.4 Å². The molecule has 2 N–H and O–H groups in total. The van der Waals surface area contributed by atoms with Crippen molar-refractivity contribution >= 4 is 25.7 Å². The fraction of sp³-hybridized carbons (Fsp3) is 0.400. The Labute approximate surface area is 418 Å². The summed E-state index contributed by atoms with van der Waals surface area (Å²) in [5.41, 5.74) is 0.566. The van der Waals surface area contributed by atoms with Crippen LogP contribution in [0.2, 0.25) is 0 Å². The number of hydrogen-bond acceptors (Lipinski definition) is 18. The summed E-state index contributed by atoms with van der Waals surface area (Å²) in [6.45, 7) is -3.16. The smallest absolute Gasteiger partial charge is 0.493 e. The second-order valence-electron chi connectivity index (χ2n) is 16.9. The van der Waals surface area contributed by atoms with E-state index in [9.17, 15) is 72.6 Å². The van der Waals surface area contributed by atoms with E-state index in [1.165, 1.54) is 31.2 Å². The van der Waals surface area contributed by atoms with Gasteiger partial charge in [0.1, 0.15) is 12.2 Å². The highest BCUT2D eigenvalue weighted by Gasteiger charge is 2.58. The van der Waals surface area contributed by atoms with Gasteiger partial charge in [0.05, 0.1) is 39.5 Å². The van der Waals surface area contributed by atoms with E-state index in [2.05, 4.69) is 4.74 Å². The van der Waals surface area contributed by atoms with Crippen molar-refractivity contribution in [2.45, 2.75) is 55.9 Å². The fourth-order valence-electron chi connectivity index (χ4n) is 9.21. The lowest BCUT2D eigenvalue weighted by Crippen LogP contribution is -2.65.